The van der Waals surface area contributed by atoms with Gasteiger partial charge >= 0.3 is 0 Å². The van der Waals surface area contributed by atoms with Crippen molar-refractivity contribution in [2.45, 2.75) is 143 Å². The van der Waals surface area contributed by atoms with Crippen molar-refractivity contribution in [3.63, 3.8) is 0 Å². The number of sulfonamides is 1. The number of thiazole rings is 1. The Kier molecular flexibility index (Phi) is 16.6. The third-order valence-electron chi connectivity index (χ3n) is 17.1. The number of nitrogens with one attached hydrogen (secondary N) is 4. The number of aliphatic hydroxyl groups is 1. The van der Waals surface area contributed by atoms with Crippen LogP contribution in [0.25, 0.3) is 21.3 Å². The van der Waals surface area contributed by atoms with Crippen LogP contribution in [0.2, 0.25) is 0 Å². The second-order valence-corrected chi connectivity index (χ2v) is 27.4. The number of nitrogens with zero attached hydrogens (tertiary/aromatic N) is 8. The van der Waals surface area contributed by atoms with Gasteiger partial charge in [-0.15, -0.1) is 16.6 Å². The zero-order chi connectivity index (χ0) is 58.3. The molecule has 1 saturated heterocycles. The average molecular weight is 1150 g/mol. The lowest BCUT2D eigenvalue weighted by Gasteiger charge is -2.56. The Bertz CT molecular complexity index is 3480. The van der Waals surface area contributed by atoms with Crippen LogP contribution in [0.15, 0.2) is 72.9 Å². The maximum absolute atomic E-state index is 14.5. The number of β-amino-alcohol motifs (C(OH)–C–C–N with tert-alkyl or cyclic N) is 1. The highest BCUT2D eigenvalue weighted by Gasteiger charge is 2.51. The molecule has 4 amide bonds. The monoisotopic (exact) mass is 1150 g/mol. The molecule has 5 fully saturated rings. The van der Waals surface area contributed by atoms with Gasteiger partial charge in [0.1, 0.15) is 23.6 Å². The molecule has 4 bridgehead atoms. The molecule has 0 unspecified atom stereocenters. The molecular formula is C61H74N12O7S2. The first-order valence-corrected chi connectivity index (χ1v) is 31.0. The molecule has 21 heteroatoms. The highest BCUT2D eigenvalue weighted by molar-refractivity contribution is 7.90. The highest BCUT2D eigenvalue weighted by atomic mass is 32.2. The van der Waals surface area contributed by atoms with E-state index in [-0.39, 0.29) is 36.9 Å². The molecule has 0 spiro atoms. The number of aromatic nitrogens is 6. The van der Waals surface area contributed by atoms with Gasteiger partial charge in [-0.2, -0.15) is 5.10 Å². The van der Waals surface area contributed by atoms with Crippen LogP contribution >= 0.6 is 11.3 Å². The van der Waals surface area contributed by atoms with Crippen LogP contribution in [0.1, 0.15) is 137 Å². The lowest BCUT2D eigenvalue weighted by atomic mass is 9.49. The topological polar surface area (TPSA) is 247 Å². The van der Waals surface area contributed by atoms with E-state index in [2.05, 4.69) is 46.5 Å². The zero-order valence-electron chi connectivity index (χ0n) is 47.7. The fourth-order valence-corrected chi connectivity index (χ4v) is 15.1. The van der Waals surface area contributed by atoms with Crippen LogP contribution < -0.4 is 25.6 Å². The number of amides is 4. The second kappa shape index (κ2) is 23.5. The summed E-state index contributed by atoms with van der Waals surface area (Å²) in [7, 11) is -2.46. The summed E-state index contributed by atoms with van der Waals surface area (Å²) in [5, 5.41) is 34.4. The molecule has 5 aliphatic rings. The van der Waals surface area contributed by atoms with Crippen molar-refractivity contribution in [2.24, 2.45) is 28.6 Å². The number of carbonyl (C=O) groups excluding carboxylic acids is 4. The minimum Gasteiger partial charge on any atom is -0.391 e. The van der Waals surface area contributed by atoms with E-state index in [1.54, 1.807) is 42.4 Å². The number of terminal acetylenes is 1. The third-order valence-corrected chi connectivity index (χ3v) is 19.4. The fraction of sp³-hybridized carbons (Fsp3) is 0.492. The number of hydrogen-bond acceptors (Lipinski definition) is 15. The van der Waals surface area contributed by atoms with Gasteiger partial charge in [0, 0.05) is 55.4 Å². The van der Waals surface area contributed by atoms with E-state index in [1.807, 2.05) is 84.0 Å². The number of likely N-dealkylation sites (tertiary alicyclic amines) is 1. The summed E-state index contributed by atoms with van der Waals surface area (Å²) in [6.45, 7) is 11.9. The van der Waals surface area contributed by atoms with Crippen LogP contribution in [-0.2, 0) is 31.0 Å². The smallest absolute Gasteiger partial charge is 0.284 e. The molecule has 2 aromatic carbocycles. The molecule has 1 aliphatic heterocycles. The van der Waals surface area contributed by atoms with Crippen LogP contribution in [0, 0.1) is 54.8 Å². The van der Waals surface area contributed by atoms with Crippen molar-refractivity contribution in [3.8, 4) is 23.5 Å². The van der Waals surface area contributed by atoms with Crippen LogP contribution in [0.4, 0.5) is 22.6 Å². The number of para-hydroxylation sites is 1. The minimum atomic E-state index is -4.22. The Hall–Kier alpha value is -7.28. The van der Waals surface area contributed by atoms with Gasteiger partial charge in [0.05, 0.1) is 34.3 Å². The molecule has 4 atom stereocenters. The molecule has 82 heavy (non-hydrogen) atoms. The number of rotatable bonds is 20. The SMILES string of the molecule is C#Cc1ccc([C@H](C)NC(=O)[C@@H]2C[C@@H](O)CN2C(=O)[C@@H](NC(=O)CCCCCS(=O)(=O)NC(=O)c2nc(N(C)c3cc(C)c(Nc4nc5ccccc5s4)nn3)ccc2-c2cnn(CC34CC5CC(CC(C5)C3)C4)c2C)C(C)(C)C)cc1. The number of benzene rings is 2. The third kappa shape index (κ3) is 12.8. The van der Waals surface area contributed by atoms with Crippen LogP contribution in [0.3, 0.4) is 0 Å². The van der Waals surface area contributed by atoms with E-state index in [9.17, 15) is 32.7 Å². The molecule has 4 aliphatic carbocycles. The van der Waals surface area contributed by atoms with Crippen molar-refractivity contribution < 1.29 is 32.7 Å². The summed E-state index contributed by atoms with van der Waals surface area (Å²) in [4.78, 5) is 68.4. The first-order valence-electron chi connectivity index (χ1n) is 28.5. The summed E-state index contributed by atoms with van der Waals surface area (Å²) in [6.07, 6.45) is 14.7. The fourth-order valence-electron chi connectivity index (χ4n) is 13.2. The van der Waals surface area contributed by atoms with Gasteiger partial charge in [0.25, 0.3) is 5.91 Å². The molecule has 6 aromatic rings. The maximum atomic E-state index is 14.5. The first kappa shape index (κ1) is 57.9. The first-order chi connectivity index (χ1) is 39.0. The van der Waals surface area contributed by atoms with E-state index >= 15 is 0 Å². The number of fused-ring (bicyclic) bond motifs is 1. The van der Waals surface area contributed by atoms with Crippen molar-refractivity contribution in [3.05, 3.63) is 101 Å². The predicted molar refractivity (Wildman–Crippen MR) is 317 cm³/mol. The Morgan fingerprint density at radius 3 is 2.27 bits per heavy atom. The van der Waals surface area contributed by atoms with Gasteiger partial charge < -0.3 is 30.9 Å². The van der Waals surface area contributed by atoms with Gasteiger partial charge in [-0.3, -0.25) is 23.9 Å². The Balaban J connectivity index is 0.789. The Labute approximate surface area is 483 Å². The Morgan fingerprint density at radius 2 is 1.60 bits per heavy atom. The highest BCUT2D eigenvalue weighted by Crippen LogP contribution is 2.60. The molecule has 4 saturated carbocycles. The summed E-state index contributed by atoms with van der Waals surface area (Å²) in [5.41, 5.74) is 4.50. The average Bonchev–Trinajstić information content (AvgIpc) is 2.71. The molecule has 4 aromatic heterocycles. The van der Waals surface area contributed by atoms with E-state index in [0.29, 0.717) is 52.1 Å². The van der Waals surface area contributed by atoms with Gasteiger partial charge in [0.15, 0.2) is 16.8 Å². The van der Waals surface area contributed by atoms with Gasteiger partial charge in [-0.05, 0) is 154 Å². The van der Waals surface area contributed by atoms with E-state index in [4.69, 9.17) is 16.5 Å². The van der Waals surface area contributed by atoms with Gasteiger partial charge in [-0.1, -0.05) is 68.7 Å². The molecular weight excluding hydrogens is 1080 g/mol. The van der Waals surface area contributed by atoms with Crippen LogP contribution in [-0.4, -0.2) is 110 Å². The number of carbonyl (C=O) groups is 4. The van der Waals surface area contributed by atoms with Crippen molar-refractivity contribution in [1.29, 1.82) is 0 Å². The van der Waals surface area contributed by atoms with Crippen molar-refractivity contribution in [2.75, 3.05) is 29.6 Å². The van der Waals surface area contributed by atoms with Crippen molar-refractivity contribution >= 4 is 77.8 Å². The normalized spacial score (nSPS) is 21.9. The number of aliphatic hydroxyl groups excluding tert-OH is 1. The predicted octanol–water partition coefficient (Wildman–Crippen LogP) is 8.66. The molecule has 5 heterocycles. The summed E-state index contributed by atoms with van der Waals surface area (Å²) in [5.74, 6) is 3.54. The molecule has 0 radical (unpaired) electrons. The van der Waals surface area contributed by atoms with Gasteiger partial charge in [-0.25, -0.2) is 23.1 Å². The minimum absolute atomic E-state index is 0.00936. The maximum Gasteiger partial charge on any atom is 0.284 e. The number of pyridine rings is 1. The molecule has 432 valence electrons. The molecule has 11 rings (SSSR count). The van der Waals surface area contributed by atoms with E-state index in [1.165, 1.54) is 54.8 Å². The Morgan fingerprint density at radius 1 is 0.890 bits per heavy atom. The zero-order valence-corrected chi connectivity index (χ0v) is 49.4. The summed E-state index contributed by atoms with van der Waals surface area (Å²) in [6, 6.07) is 18.1. The largest absolute Gasteiger partial charge is 0.391 e. The number of aryl methyl sites for hydroxylation is 1. The van der Waals surface area contributed by atoms with E-state index in [0.717, 1.165) is 51.3 Å². The lowest BCUT2D eigenvalue weighted by molar-refractivity contribution is -0.144. The number of anilines is 4. The van der Waals surface area contributed by atoms with Gasteiger partial charge in [0.2, 0.25) is 27.7 Å². The summed E-state index contributed by atoms with van der Waals surface area (Å²) < 4.78 is 33.0. The van der Waals surface area contributed by atoms with Crippen LogP contribution in [0.5, 0.6) is 0 Å². The number of unbranched alkanes of at least 4 members (excludes halogenated alkanes) is 2. The quantitative estimate of drug-likeness (QED) is 0.0355. The standard InChI is InChI=1S/C61H74N12O7S2/c1-9-39-18-20-43(21-19-39)37(3)63-56(76)48-29-44(74)34-72(48)58(78)54(60(5,6)7)66-52(75)17-11-10-14-24-82(79,80)70-57(77)53-45(46-33-62-73(38(46)4)35-61-30-40-26-41(31-61)28-42(27-40)32-61)22-23-50(65-53)71(8)51-25-36(2)55(69-68-51)67-59-64-47-15-12-13-16-49(47)81-59/h1,12-13,15-16,18-23,25,33,37,40-42,44,48,54,74H,10-11,14,17,24,26-32,34-35H2,2-8H3,(H,63,76)(H,66,75)(H,70,77)(H,64,67,69)/t37-,40?,41?,42?,44+,48-,54+,61?/m0/s1. The molecule has 19 nitrogen and oxygen atoms in total. The number of hydrogen-bond donors (Lipinski definition) is 5. The van der Waals surface area contributed by atoms with Crippen molar-refractivity contribution in [1.82, 2.24) is 50.2 Å². The molecule has 5 N–H and O–H groups in total. The lowest BCUT2D eigenvalue weighted by Crippen LogP contribution is -2.57. The van der Waals surface area contributed by atoms with E-state index < -0.39 is 69.0 Å². The summed E-state index contributed by atoms with van der Waals surface area (Å²) >= 11 is 1.51. The second-order valence-electron chi connectivity index (χ2n) is 24.5.